The third-order valence-corrected chi connectivity index (χ3v) is 4.45. The highest BCUT2D eigenvalue weighted by atomic mass is 79.9. The van der Waals surface area contributed by atoms with Crippen LogP contribution in [-0.2, 0) is 4.74 Å². The first kappa shape index (κ1) is 14.9. The summed E-state index contributed by atoms with van der Waals surface area (Å²) in [4.78, 5) is 0. The average Bonchev–Trinajstić information content (AvgIpc) is 2.40. The monoisotopic (exact) mass is 329 g/mol. The molecule has 1 heterocycles. The summed E-state index contributed by atoms with van der Waals surface area (Å²) in [5.74, 6) is -0.152. The molecule has 1 aliphatic heterocycles. The van der Waals surface area contributed by atoms with Gasteiger partial charge in [-0.25, -0.2) is 4.39 Å². The van der Waals surface area contributed by atoms with Crippen LogP contribution in [0.2, 0.25) is 0 Å². The van der Waals surface area contributed by atoms with Crippen LogP contribution in [0.3, 0.4) is 0 Å². The van der Waals surface area contributed by atoms with Crippen molar-refractivity contribution in [2.24, 2.45) is 5.41 Å². The van der Waals surface area contributed by atoms with Crippen molar-refractivity contribution in [2.75, 3.05) is 19.8 Å². The van der Waals surface area contributed by atoms with E-state index in [2.05, 4.69) is 28.2 Å². The molecule has 1 N–H and O–H groups in total. The van der Waals surface area contributed by atoms with Gasteiger partial charge in [0.1, 0.15) is 5.82 Å². The van der Waals surface area contributed by atoms with E-state index in [1.807, 2.05) is 13.0 Å². The van der Waals surface area contributed by atoms with E-state index in [1.54, 1.807) is 6.07 Å². The van der Waals surface area contributed by atoms with Gasteiger partial charge in [0.15, 0.2) is 0 Å². The molecule has 1 aromatic rings. The van der Waals surface area contributed by atoms with Crippen molar-refractivity contribution < 1.29 is 9.13 Å². The number of nitrogens with one attached hydrogen (secondary N) is 1. The maximum Gasteiger partial charge on any atom is 0.128 e. The Morgan fingerprint density at radius 3 is 2.79 bits per heavy atom. The molecule has 1 aliphatic rings. The van der Waals surface area contributed by atoms with Gasteiger partial charge in [-0.2, -0.15) is 0 Å². The SMILES string of the molecule is CC(NCC1(C)CCOCC1)c1cc(Br)ccc1F. The Balaban J connectivity index is 1.97. The quantitative estimate of drug-likeness (QED) is 0.899. The van der Waals surface area contributed by atoms with Crippen LogP contribution in [0.4, 0.5) is 4.39 Å². The van der Waals surface area contributed by atoms with Crippen LogP contribution >= 0.6 is 15.9 Å². The molecule has 0 aliphatic carbocycles. The predicted molar refractivity (Wildman–Crippen MR) is 78.7 cm³/mol. The van der Waals surface area contributed by atoms with Crippen molar-refractivity contribution in [3.63, 3.8) is 0 Å². The number of halogens is 2. The molecule has 1 saturated heterocycles. The molecule has 0 amide bonds. The van der Waals surface area contributed by atoms with Gasteiger partial charge in [0.05, 0.1) is 0 Å². The highest BCUT2D eigenvalue weighted by Crippen LogP contribution is 2.30. The smallest absolute Gasteiger partial charge is 0.128 e. The second-order valence-corrected chi connectivity index (χ2v) is 6.61. The predicted octanol–water partition coefficient (Wildman–Crippen LogP) is 4.06. The van der Waals surface area contributed by atoms with Crippen molar-refractivity contribution >= 4 is 15.9 Å². The number of rotatable bonds is 4. The first-order valence-electron chi connectivity index (χ1n) is 6.76. The number of ether oxygens (including phenoxy) is 1. The van der Waals surface area contributed by atoms with Crippen molar-refractivity contribution in [2.45, 2.75) is 32.7 Å². The first-order chi connectivity index (χ1) is 9.00. The van der Waals surface area contributed by atoms with Crippen LogP contribution in [-0.4, -0.2) is 19.8 Å². The Kier molecular flexibility index (Phi) is 4.98. The summed E-state index contributed by atoms with van der Waals surface area (Å²) in [6.45, 7) is 6.83. The van der Waals surface area contributed by atoms with Gasteiger partial charge in [-0.3, -0.25) is 0 Å². The summed E-state index contributed by atoms with van der Waals surface area (Å²) in [6, 6.07) is 5.09. The molecule has 2 rings (SSSR count). The maximum absolute atomic E-state index is 13.8. The molecule has 106 valence electrons. The van der Waals surface area contributed by atoms with E-state index < -0.39 is 0 Å². The molecule has 0 radical (unpaired) electrons. The fourth-order valence-electron chi connectivity index (χ4n) is 2.40. The van der Waals surface area contributed by atoms with E-state index in [0.29, 0.717) is 5.56 Å². The third kappa shape index (κ3) is 4.01. The van der Waals surface area contributed by atoms with Crippen LogP contribution in [0.1, 0.15) is 38.3 Å². The summed E-state index contributed by atoms with van der Waals surface area (Å²) in [5, 5.41) is 3.46. The molecule has 0 spiro atoms. The van der Waals surface area contributed by atoms with Gasteiger partial charge in [-0.15, -0.1) is 0 Å². The minimum atomic E-state index is -0.152. The largest absolute Gasteiger partial charge is 0.381 e. The number of benzene rings is 1. The van der Waals surface area contributed by atoms with E-state index in [1.165, 1.54) is 6.07 Å². The molecule has 0 bridgehead atoms. The van der Waals surface area contributed by atoms with Crippen molar-refractivity contribution in [3.05, 3.63) is 34.1 Å². The third-order valence-electron chi connectivity index (χ3n) is 3.96. The zero-order chi connectivity index (χ0) is 13.9. The van der Waals surface area contributed by atoms with Gasteiger partial charge in [0.2, 0.25) is 0 Å². The highest BCUT2D eigenvalue weighted by molar-refractivity contribution is 9.10. The van der Waals surface area contributed by atoms with E-state index in [-0.39, 0.29) is 17.3 Å². The number of hydrogen-bond acceptors (Lipinski definition) is 2. The standard InChI is InChI=1S/C15H21BrFNO/c1-11(13-9-12(16)3-4-14(13)17)18-10-15(2)5-7-19-8-6-15/h3-4,9,11,18H,5-8,10H2,1-2H3. The molecule has 2 nitrogen and oxygen atoms in total. The Morgan fingerprint density at radius 2 is 2.11 bits per heavy atom. The van der Waals surface area contributed by atoms with E-state index >= 15 is 0 Å². The molecule has 0 saturated carbocycles. The molecule has 0 aromatic heterocycles. The molecular weight excluding hydrogens is 309 g/mol. The molecule has 1 atom stereocenters. The molecule has 1 unspecified atom stereocenters. The normalized spacial score (nSPS) is 20.2. The topological polar surface area (TPSA) is 21.3 Å². The Bertz CT molecular complexity index is 432. The number of hydrogen-bond donors (Lipinski definition) is 1. The van der Waals surface area contributed by atoms with Crippen molar-refractivity contribution in [1.82, 2.24) is 5.32 Å². The zero-order valence-electron chi connectivity index (χ0n) is 11.5. The Hall–Kier alpha value is -0.450. The van der Waals surface area contributed by atoms with Crippen LogP contribution in [0.25, 0.3) is 0 Å². The van der Waals surface area contributed by atoms with Crippen molar-refractivity contribution in [3.8, 4) is 0 Å². The van der Waals surface area contributed by atoms with Gasteiger partial charge in [-0.1, -0.05) is 22.9 Å². The lowest BCUT2D eigenvalue weighted by molar-refractivity contribution is 0.0230. The fourth-order valence-corrected chi connectivity index (χ4v) is 2.78. The lowest BCUT2D eigenvalue weighted by Gasteiger charge is -2.34. The van der Waals surface area contributed by atoms with Crippen LogP contribution in [0, 0.1) is 11.2 Å². The molecule has 1 aromatic carbocycles. The summed E-state index contributed by atoms with van der Waals surface area (Å²) in [6.07, 6.45) is 2.13. The summed E-state index contributed by atoms with van der Waals surface area (Å²) >= 11 is 3.39. The minimum absolute atomic E-state index is 0.0113. The Labute approximate surface area is 122 Å². The zero-order valence-corrected chi connectivity index (χ0v) is 13.1. The van der Waals surface area contributed by atoms with Crippen LogP contribution in [0.15, 0.2) is 22.7 Å². The molecule has 4 heteroatoms. The molecule has 19 heavy (non-hydrogen) atoms. The fraction of sp³-hybridized carbons (Fsp3) is 0.600. The van der Waals surface area contributed by atoms with Gasteiger partial charge >= 0.3 is 0 Å². The lowest BCUT2D eigenvalue weighted by Crippen LogP contribution is -2.37. The highest BCUT2D eigenvalue weighted by Gasteiger charge is 2.27. The average molecular weight is 330 g/mol. The van der Waals surface area contributed by atoms with Gasteiger partial charge in [0, 0.05) is 35.8 Å². The van der Waals surface area contributed by atoms with Gasteiger partial charge < -0.3 is 10.1 Å². The van der Waals surface area contributed by atoms with E-state index in [4.69, 9.17) is 4.74 Å². The second kappa shape index (κ2) is 6.33. The summed E-state index contributed by atoms with van der Waals surface area (Å²) in [7, 11) is 0. The summed E-state index contributed by atoms with van der Waals surface area (Å²) < 4.78 is 20.1. The Morgan fingerprint density at radius 1 is 1.42 bits per heavy atom. The second-order valence-electron chi connectivity index (χ2n) is 5.69. The van der Waals surface area contributed by atoms with Crippen LogP contribution in [0.5, 0.6) is 0 Å². The van der Waals surface area contributed by atoms with E-state index in [9.17, 15) is 4.39 Å². The van der Waals surface area contributed by atoms with E-state index in [0.717, 1.165) is 37.1 Å². The van der Waals surface area contributed by atoms with Gasteiger partial charge in [-0.05, 0) is 43.4 Å². The first-order valence-corrected chi connectivity index (χ1v) is 7.56. The minimum Gasteiger partial charge on any atom is -0.381 e. The maximum atomic E-state index is 13.8. The van der Waals surface area contributed by atoms with Crippen LogP contribution < -0.4 is 5.32 Å². The van der Waals surface area contributed by atoms with Gasteiger partial charge in [0.25, 0.3) is 0 Å². The summed E-state index contributed by atoms with van der Waals surface area (Å²) in [5.41, 5.74) is 0.972. The van der Waals surface area contributed by atoms with Crippen molar-refractivity contribution in [1.29, 1.82) is 0 Å². The molecule has 1 fully saturated rings. The lowest BCUT2D eigenvalue weighted by atomic mass is 9.82. The molecular formula is C15H21BrFNO.